The van der Waals surface area contributed by atoms with Crippen molar-refractivity contribution in [2.45, 2.75) is 19.4 Å². The van der Waals surface area contributed by atoms with Crippen molar-refractivity contribution in [1.29, 1.82) is 0 Å². The van der Waals surface area contributed by atoms with Crippen LogP contribution in [0.25, 0.3) is 0 Å². The summed E-state index contributed by atoms with van der Waals surface area (Å²) in [7, 11) is 3.51. The highest BCUT2D eigenvalue weighted by Crippen LogP contribution is 2.09. The number of aliphatic imine (C=N–C) groups is 1. The number of nitrogens with one attached hydrogen (secondary N) is 2. The van der Waals surface area contributed by atoms with E-state index in [-0.39, 0.29) is 5.60 Å². The molecule has 140 valence electrons. The van der Waals surface area contributed by atoms with Gasteiger partial charge >= 0.3 is 0 Å². The van der Waals surface area contributed by atoms with Crippen LogP contribution in [0.5, 0.6) is 0 Å². The number of ether oxygens (including phenoxy) is 1. The van der Waals surface area contributed by atoms with E-state index < -0.39 is 0 Å². The van der Waals surface area contributed by atoms with Crippen LogP contribution in [0.4, 0.5) is 5.95 Å². The maximum atomic E-state index is 5.41. The number of anilines is 1. The number of aromatic nitrogens is 2. The molecular formula is C17H31N7O. The van der Waals surface area contributed by atoms with Crippen LogP contribution in [-0.4, -0.2) is 86.4 Å². The second-order valence-electron chi connectivity index (χ2n) is 6.69. The third-order valence-corrected chi connectivity index (χ3v) is 4.39. The van der Waals surface area contributed by atoms with E-state index in [1.54, 1.807) is 26.6 Å². The first-order valence-electron chi connectivity index (χ1n) is 8.78. The molecule has 2 heterocycles. The van der Waals surface area contributed by atoms with Crippen LogP contribution < -0.4 is 15.5 Å². The monoisotopic (exact) mass is 349 g/mol. The average molecular weight is 349 g/mol. The number of nitrogens with zero attached hydrogens (tertiary/aromatic N) is 5. The molecule has 8 nitrogen and oxygen atoms in total. The van der Waals surface area contributed by atoms with Gasteiger partial charge in [0.2, 0.25) is 5.95 Å². The second-order valence-corrected chi connectivity index (χ2v) is 6.69. The number of guanidine groups is 1. The van der Waals surface area contributed by atoms with E-state index in [9.17, 15) is 0 Å². The first kappa shape index (κ1) is 19.4. The summed E-state index contributed by atoms with van der Waals surface area (Å²) in [6.07, 6.45) is 3.59. The van der Waals surface area contributed by atoms with Gasteiger partial charge in [-0.3, -0.25) is 9.89 Å². The highest BCUT2D eigenvalue weighted by Gasteiger charge is 2.19. The standard InChI is InChI=1S/C17H31N7O/c1-17(2,25-4)14-22-15(18-3)19-8-9-23-10-12-24(13-11-23)16-20-6-5-7-21-16/h5-7H,8-14H2,1-4H3,(H2,18,19,22). The van der Waals surface area contributed by atoms with Gasteiger partial charge in [-0.1, -0.05) is 0 Å². The second kappa shape index (κ2) is 9.53. The zero-order valence-corrected chi connectivity index (χ0v) is 15.8. The van der Waals surface area contributed by atoms with E-state index in [2.05, 4.69) is 35.4 Å². The lowest BCUT2D eigenvalue weighted by molar-refractivity contribution is 0.0268. The van der Waals surface area contributed by atoms with Crippen LogP contribution in [0.1, 0.15) is 13.8 Å². The van der Waals surface area contributed by atoms with Crippen LogP contribution >= 0.6 is 0 Å². The summed E-state index contributed by atoms with van der Waals surface area (Å²) in [5, 5.41) is 6.66. The molecule has 2 N–H and O–H groups in total. The van der Waals surface area contributed by atoms with Crippen molar-refractivity contribution in [2.24, 2.45) is 4.99 Å². The Bertz CT molecular complexity index is 527. The molecule has 2 rings (SSSR count). The minimum absolute atomic E-state index is 0.215. The molecule has 25 heavy (non-hydrogen) atoms. The minimum Gasteiger partial charge on any atom is -0.377 e. The molecule has 1 fully saturated rings. The van der Waals surface area contributed by atoms with E-state index in [0.29, 0.717) is 6.54 Å². The van der Waals surface area contributed by atoms with Crippen molar-refractivity contribution < 1.29 is 4.74 Å². The highest BCUT2D eigenvalue weighted by molar-refractivity contribution is 5.79. The molecule has 0 unspecified atom stereocenters. The van der Waals surface area contributed by atoms with Crippen molar-refractivity contribution in [2.75, 3.05) is 64.9 Å². The molecule has 0 atom stereocenters. The number of piperazine rings is 1. The van der Waals surface area contributed by atoms with Gasteiger partial charge in [-0.25, -0.2) is 9.97 Å². The number of rotatable bonds is 7. The summed E-state index contributed by atoms with van der Waals surface area (Å²) in [6, 6.07) is 1.85. The number of methoxy groups -OCH3 is 1. The molecule has 0 bridgehead atoms. The molecule has 0 aromatic carbocycles. The smallest absolute Gasteiger partial charge is 0.225 e. The molecule has 0 radical (unpaired) electrons. The van der Waals surface area contributed by atoms with Crippen molar-refractivity contribution in [3.05, 3.63) is 18.5 Å². The third-order valence-electron chi connectivity index (χ3n) is 4.39. The zero-order chi connectivity index (χ0) is 18.1. The van der Waals surface area contributed by atoms with Crippen LogP contribution in [0.2, 0.25) is 0 Å². The number of hydrogen-bond acceptors (Lipinski definition) is 6. The highest BCUT2D eigenvalue weighted by atomic mass is 16.5. The van der Waals surface area contributed by atoms with Gasteiger partial charge in [0.25, 0.3) is 0 Å². The Morgan fingerprint density at radius 3 is 2.48 bits per heavy atom. The Kier molecular flexibility index (Phi) is 7.39. The van der Waals surface area contributed by atoms with E-state index in [4.69, 9.17) is 4.74 Å². The first-order valence-corrected chi connectivity index (χ1v) is 8.78. The Morgan fingerprint density at radius 2 is 1.88 bits per heavy atom. The molecule has 8 heteroatoms. The number of hydrogen-bond donors (Lipinski definition) is 2. The van der Waals surface area contributed by atoms with Gasteiger partial charge in [0, 0.05) is 72.4 Å². The summed E-state index contributed by atoms with van der Waals surface area (Å²) in [4.78, 5) is 17.6. The van der Waals surface area contributed by atoms with Crippen LogP contribution in [0.3, 0.4) is 0 Å². The summed E-state index contributed by atoms with van der Waals surface area (Å²) >= 11 is 0. The van der Waals surface area contributed by atoms with Crippen molar-refractivity contribution in [3.8, 4) is 0 Å². The van der Waals surface area contributed by atoms with Crippen LogP contribution in [-0.2, 0) is 4.74 Å². The fourth-order valence-corrected chi connectivity index (χ4v) is 2.55. The molecule has 1 saturated heterocycles. The zero-order valence-electron chi connectivity index (χ0n) is 15.8. The lowest BCUT2D eigenvalue weighted by Crippen LogP contribution is -2.50. The van der Waals surface area contributed by atoms with Crippen molar-refractivity contribution >= 4 is 11.9 Å². The Labute approximate surface area is 150 Å². The van der Waals surface area contributed by atoms with Gasteiger partial charge in [-0.15, -0.1) is 0 Å². The van der Waals surface area contributed by atoms with Gasteiger partial charge in [0.15, 0.2) is 5.96 Å². The first-order chi connectivity index (χ1) is 12.0. The summed E-state index contributed by atoms with van der Waals surface area (Å²) in [5.74, 6) is 1.63. The molecule has 0 saturated carbocycles. The largest absolute Gasteiger partial charge is 0.377 e. The minimum atomic E-state index is -0.215. The molecule has 0 amide bonds. The quantitative estimate of drug-likeness (QED) is 0.537. The van der Waals surface area contributed by atoms with Gasteiger partial charge in [0.05, 0.1) is 5.60 Å². The predicted octanol–water partition coefficient (Wildman–Crippen LogP) is 0.189. The Hall–Kier alpha value is -1.93. The Balaban J connectivity index is 1.65. The van der Waals surface area contributed by atoms with Crippen LogP contribution in [0, 0.1) is 0 Å². The Morgan fingerprint density at radius 1 is 1.20 bits per heavy atom. The van der Waals surface area contributed by atoms with Crippen LogP contribution in [0.15, 0.2) is 23.5 Å². The molecule has 1 aliphatic rings. The van der Waals surface area contributed by atoms with Gasteiger partial charge in [0.1, 0.15) is 0 Å². The summed E-state index contributed by atoms with van der Waals surface area (Å²) in [5.41, 5.74) is -0.215. The molecule has 0 spiro atoms. The van der Waals surface area contributed by atoms with E-state index in [0.717, 1.165) is 51.2 Å². The fraction of sp³-hybridized carbons (Fsp3) is 0.706. The fourth-order valence-electron chi connectivity index (χ4n) is 2.55. The normalized spacial score (nSPS) is 16.8. The molecule has 0 aliphatic carbocycles. The third kappa shape index (κ3) is 6.47. The molecular weight excluding hydrogens is 318 g/mol. The molecule has 1 aromatic rings. The average Bonchev–Trinajstić information content (AvgIpc) is 2.65. The maximum absolute atomic E-state index is 5.41. The summed E-state index contributed by atoms with van der Waals surface area (Å²) < 4.78 is 5.41. The summed E-state index contributed by atoms with van der Waals surface area (Å²) in [6.45, 7) is 10.6. The topological polar surface area (TPSA) is 77.9 Å². The van der Waals surface area contributed by atoms with Gasteiger partial charge < -0.3 is 20.3 Å². The lowest BCUT2D eigenvalue weighted by atomic mass is 10.1. The van der Waals surface area contributed by atoms with Gasteiger partial charge in [-0.05, 0) is 19.9 Å². The van der Waals surface area contributed by atoms with E-state index >= 15 is 0 Å². The lowest BCUT2D eigenvalue weighted by Gasteiger charge is -2.34. The van der Waals surface area contributed by atoms with E-state index in [1.807, 2.05) is 19.9 Å². The maximum Gasteiger partial charge on any atom is 0.225 e. The molecule has 1 aliphatic heterocycles. The van der Waals surface area contributed by atoms with Gasteiger partial charge in [-0.2, -0.15) is 0 Å². The predicted molar refractivity (Wildman–Crippen MR) is 101 cm³/mol. The van der Waals surface area contributed by atoms with Crippen molar-refractivity contribution in [1.82, 2.24) is 25.5 Å². The van der Waals surface area contributed by atoms with E-state index in [1.165, 1.54) is 0 Å². The SMILES string of the molecule is CN=C(NCCN1CCN(c2ncccn2)CC1)NCC(C)(C)OC. The molecule has 1 aromatic heterocycles. The van der Waals surface area contributed by atoms with Crippen molar-refractivity contribution in [3.63, 3.8) is 0 Å².